The number of piperidine rings is 1. The summed E-state index contributed by atoms with van der Waals surface area (Å²) in [7, 11) is 0. The molecular weight excluding hydrogens is 626 g/mol. The van der Waals surface area contributed by atoms with Gasteiger partial charge in [0.2, 0.25) is 11.8 Å². The third-order valence-corrected chi connectivity index (χ3v) is 8.65. The average molecular weight is 664 g/mol. The zero-order chi connectivity index (χ0) is 32.6. The second-order valence-electron chi connectivity index (χ2n) is 11.1. The van der Waals surface area contributed by atoms with Gasteiger partial charge in [-0.05, 0) is 36.6 Å². The van der Waals surface area contributed by atoms with Crippen molar-refractivity contribution >= 4 is 56.5 Å². The topological polar surface area (TPSA) is 175 Å². The van der Waals surface area contributed by atoms with Crippen LogP contribution < -0.4 is 16.0 Å². The van der Waals surface area contributed by atoms with Crippen LogP contribution in [0.25, 0.3) is 10.2 Å². The van der Waals surface area contributed by atoms with Crippen molar-refractivity contribution < 1.29 is 28.6 Å². The fourth-order valence-corrected chi connectivity index (χ4v) is 6.31. The van der Waals surface area contributed by atoms with Crippen molar-refractivity contribution in [3.8, 4) is 0 Å². The molecular formula is C31H37N9O6S. The minimum absolute atomic E-state index is 0.212. The predicted octanol–water partition coefficient (Wildman–Crippen LogP) is 2.86. The number of imide groups is 1. The van der Waals surface area contributed by atoms with E-state index in [1.807, 2.05) is 23.7 Å². The molecule has 3 amide bonds. The average Bonchev–Trinajstić information content (AvgIpc) is 3.78. The number of thiophene rings is 1. The van der Waals surface area contributed by atoms with Gasteiger partial charge in [-0.1, -0.05) is 12.1 Å². The summed E-state index contributed by atoms with van der Waals surface area (Å²) in [6, 6.07) is 4.80. The first-order chi connectivity index (χ1) is 23.0. The van der Waals surface area contributed by atoms with Gasteiger partial charge in [0.15, 0.2) is 0 Å². The lowest BCUT2D eigenvalue weighted by Crippen LogP contribution is -2.52. The molecule has 1 aromatic carbocycles. The second-order valence-corrected chi connectivity index (χ2v) is 12.0. The van der Waals surface area contributed by atoms with E-state index in [9.17, 15) is 14.4 Å². The molecule has 6 rings (SSSR count). The molecule has 2 aliphatic rings. The number of anilines is 3. The maximum Gasteiger partial charge on any atom is 0.255 e. The highest BCUT2D eigenvalue weighted by molar-refractivity contribution is 7.17. The van der Waals surface area contributed by atoms with Crippen molar-refractivity contribution in [1.29, 1.82) is 0 Å². The van der Waals surface area contributed by atoms with Gasteiger partial charge in [-0.3, -0.25) is 19.7 Å². The Morgan fingerprint density at radius 2 is 1.85 bits per heavy atom. The van der Waals surface area contributed by atoms with Gasteiger partial charge in [-0.2, -0.15) is 0 Å². The van der Waals surface area contributed by atoms with Gasteiger partial charge < -0.3 is 29.7 Å². The van der Waals surface area contributed by atoms with Crippen LogP contribution in [0, 0.1) is 0 Å². The van der Waals surface area contributed by atoms with E-state index in [2.05, 4.69) is 43.2 Å². The third-order valence-electron chi connectivity index (χ3n) is 7.76. The smallest absolute Gasteiger partial charge is 0.255 e. The maximum absolute atomic E-state index is 13.1. The number of ether oxygens (including phenoxy) is 3. The third kappa shape index (κ3) is 7.90. The monoisotopic (exact) mass is 663 g/mol. The summed E-state index contributed by atoms with van der Waals surface area (Å²) in [5.41, 5.74) is 3.72. The molecule has 0 spiro atoms. The minimum Gasteiger partial charge on any atom is -0.379 e. The van der Waals surface area contributed by atoms with E-state index < -0.39 is 11.9 Å². The lowest BCUT2D eigenvalue weighted by molar-refractivity contribution is -0.136. The first kappa shape index (κ1) is 32.4. The Balaban J connectivity index is 1.02. The van der Waals surface area contributed by atoms with E-state index in [1.165, 1.54) is 22.6 Å². The van der Waals surface area contributed by atoms with Gasteiger partial charge in [-0.25, -0.2) is 14.6 Å². The molecule has 3 aromatic heterocycles. The highest BCUT2D eigenvalue weighted by atomic mass is 32.1. The molecule has 1 unspecified atom stereocenters. The van der Waals surface area contributed by atoms with Gasteiger partial charge in [-0.15, -0.1) is 16.4 Å². The summed E-state index contributed by atoms with van der Waals surface area (Å²) in [4.78, 5) is 48.4. The number of hydrogen-bond acceptors (Lipinski definition) is 13. The quantitative estimate of drug-likeness (QED) is 0.111. The summed E-state index contributed by atoms with van der Waals surface area (Å²) in [6.07, 6.45) is 4.92. The summed E-state index contributed by atoms with van der Waals surface area (Å²) in [6.45, 7) is 6.83. The number of carbonyl (C=O) groups excluding carboxylic acids is 3. The summed E-state index contributed by atoms with van der Waals surface area (Å²) >= 11 is 1.50. The Morgan fingerprint density at radius 3 is 2.66 bits per heavy atom. The van der Waals surface area contributed by atoms with Crippen molar-refractivity contribution in [1.82, 2.24) is 35.2 Å². The van der Waals surface area contributed by atoms with Crippen LogP contribution in [0.2, 0.25) is 0 Å². The molecule has 5 heterocycles. The molecule has 0 saturated carbocycles. The standard InChI is InChI=1S/C31H37N9O6S/c1-2-8-44-10-12-46-13-11-45-9-7-39-17-22(37-38-39)15-32-24-18-47-30-27(24)28(33-19-34-30)35-21-3-4-23-20(14-21)16-40(31(23)43)25-5-6-26(41)36-29(25)42/h3-4,14,17-19,25,32H,2,5-13,15-16H2,1H3,(H,33,34,35)(H,36,41,42). The van der Waals surface area contributed by atoms with Gasteiger partial charge >= 0.3 is 0 Å². The lowest BCUT2D eigenvalue weighted by atomic mass is 10.0. The Hall–Kier alpha value is -4.51. The number of rotatable bonds is 17. The molecule has 47 heavy (non-hydrogen) atoms. The van der Waals surface area contributed by atoms with Crippen LogP contribution >= 0.6 is 11.3 Å². The zero-order valence-corrected chi connectivity index (χ0v) is 26.9. The van der Waals surface area contributed by atoms with Crippen molar-refractivity contribution in [2.24, 2.45) is 0 Å². The van der Waals surface area contributed by atoms with Crippen LogP contribution in [0.3, 0.4) is 0 Å². The summed E-state index contributed by atoms with van der Waals surface area (Å²) in [5, 5.41) is 20.5. The number of hydrogen-bond donors (Lipinski definition) is 3. The van der Waals surface area contributed by atoms with Gasteiger partial charge in [0.05, 0.1) is 63.4 Å². The van der Waals surface area contributed by atoms with E-state index in [4.69, 9.17) is 14.2 Å². The van der Waals surface area contributed by atoms with Gasteiger partial charge in [0.1, 0.15) is 28.7 Å². The zero-order valence-electron chi connectivity index (χ0n) is 26.1. The van der Waals surface area contributed by atoms with E-state index in [0.717, 1.165) is 45.9 Å². The van der Waals surface area contributed by atoms with E-state index in [0.29, 0.717) is 63.9 Å². The molecule has 16 heteroatoms. The largest absolute Gasteiger partial charge is 0.379 e. The molecule has 2 aliphatic heterocycles. The molecule has 4 aromatic rings. The number of nitrogens with zero attached hydrogens (tertiary/aromatic N) is 6. The van der Waals surface area contributed by atoms with Crippen LogP contribution in [0.15, 0.2) is 36.1 Å². The molecule has 0 aliphatic carbocycles. The number of carbonyl (C=O) groups is 3. The number of nitrogens with one attached hydrogen (secondary N) is 3. The molecule has 1 atom stereocenters. The van der Waals surface area contributed by atoms with Crippen molar-refractivity contribution in [2.45, 2.75) is 51.9 Å². The highest BCUT2D eigenvalue weighted by Crippen LogP contribution is 2.36. The first-order valence-electron chi connectivity index (χ1n) is 15.6. The van der Waals surface area contributed by atoms with E-state index >= 15 is 0 Å². The van der Waals surface area contributed by atoms with E-state index in [-0.39, 0.29) is 24.8 Å². The van der Waals surface area contributed by atoms with Crippen LogP contribution in [-0.2, 0) is 43.4 Å². The molecule has 1 fully saturated rings. The van der Waals surface area contributed by atoms with Crippen molar-refractivity contribution in [2.75, 3.05) is 50.3 Å². The molecule has 3 N–H and O–H groups in total. The number of benzene rings is 1. The maximum atomic E-state index is 13.1. The number of amides is 3. The number of fused-ring (bicyclic) bond motifs is 2. The fraction of sp³-hybridized carbons (Fsp3) is 0.452. The van der Waals surface area contributed by atoms with Crippen LogP contribution in [0.4, 0.5) is 17.2 Å². The SMILES string of the molecule is CCCOCCOCCOCCn1cc(CNc2csc3ncnc(Nc4ccc5c(c4)CN(C4CCC(=O)NC4=O)C5=O)c23)nn1. The molecule has 15 nitrogen and oxygen atoms in total. The molecule has 0 radical (unpaired) electrons. The summed E-state index contributed by atoms with van der Waals surface area (Å²) in [5.74, 6) is -0.342. The fourth-order valence-electron chi connectivity index (χ4n) is 5.45. The van der Waals surface area contributed by atoms with Crippen LogP contribution in [-0.4, -0.2) is 93.3 Å². The Bertz CT molecular complexity index is 1730. The molecule has 248 valence electrons. The Morgan fingerprint density at radius 1 is 1.04 bits per heavy atom. The first-order valence-corrected chi connectivity index (χ1v) is 16.5. The van der Waals surface area contributed by atoms with E-state index in [1.54, 1.807) is 10.7 Å². The Kier molecular flexibility index (Phi) is 10.6. The number of aromatic nitrogens is 5. The Labute approximate surface area is 275 Å². The highest BCUT2D eigenvalue weighted by Gasteiger charge is 2.39. The normalized spacial score (nSPS) is 16.1. The minimum atomic E-state index is -0.661. The van der Waals surface area contributed by atoms with Gasteiger partial charge in [0.25, 0.3) is 5.91 Å². The molecule has 0 bridgehead atoms. The lowest BCUT2D eigenvalue weighted by Gasteiger charge is -2.29. The van der Waals surface area contributed by atoms with Crippen LogP contribution in [0.5, 0.6) is 0 Å². The predicted molar refractivity (Wildman–Crippen MR) is 173 cm³/mol. The van der Waals surface area contributed by atoms with Crippen LogP contribution in [0.1, 0.15) is 47.8 Å². The second kappa shape index (κ2) is 15.4. The van der Waals surface area contributed by atoms with Crippen molar-refractivity contribution in [3.63, 3.8) is 0 Å². The molecule has 1 saturated heterocycles. The summed E-state index contributed by atoms with van der Waals surface area (Å²) < 4.78 is 18.3. The van der Waals surface area contributed by atoms with Crippen molar-refractivity contribution in [3.05, 3.63) is 52.9 Å². The van der Waals surface area contributed by atoms with Gasteiger partial charge in [0, 0.05) is 36.2 Å².